The standard InChI is InChI=1S/C41H25NS.C35H21NS.C29H17NS/c1-2-11-26(12-3-1)40-41-37(35-19-8-9-20-39(35)43-41)25-38(42-40)29-14-10-13-27(23-29)28-21-22-34-32-17-5-4-15-30(32)31-16-6-7-18-33(31)36(34)24-28;1-2-12-28-26(10-1)27-11-3-4-13-29(27)32-19-24(16-17-30(28)32)22-8-7-9-23(18-22)25-20-33-31-14-5-6-15-34(31)37-35(33)36-21-25;1-2-9-21-19(7-1)20-8-3-4-10-22(20)26-17-18(13-14-23(21)26)28-29-25(15-16-30-28)24-11-5-6-12-27(24)31-29/h1-25H;1-21H;1-17H. The van der Waals surface area contributed by atoms with Crippen LogP contribution in [0.5, 0.6) is 0 Å². The summed E-state index contributed by atoms with van der Waals surface area (Å²) in [5.41, 5.74) is 13.7. The van der Waals surface area contributed by atoms with Crippen LogP contribution in [-0.4, -0.2) is 15.0 Å². The fourth-order valence-electron chi connectivity index (χ4n) is 17.3. The van der Waals surface area contributed by atoms with Gasteiger partial charge in [0.2, 0.25) is 0 Å². The summed E-state index contributed by atoms with van der Waals surface area (Å²) in [6.45, 7) is 0. The Balaban J connectivity index is 0.000000104. The van der Waals surface area contributed by atoms with Gasteiger partial charge in [-0.2, -0.15) is 0 Å². The van der Waals surface area contributed by atoms with Gasteiger partial charge in [-0.1, -0.05) is 303 Å². The second kappa shape index (κ2) is 26.7. The smallest absolute Gasteiger partial charge is 0.124 e. The summed E-state index contributed by atoms with van der Waals surface area (Å²) >= 11 is 5.42. The molecule has 6 heteroatoms. The highest BCUT2D eigenvalue weighted by atomic mass is 32.1. The fraction of sp³-hybridized carbons (Fsp3) is 0. The minimum atomic E-state index is 0.994. The van der Waals surface area contributed by atoms with E-state index in [0.717, 1.165) is 38.6 Å². The highest BCUT2D eigenvalue weighted by Gasteiger charge is 2.20. The van der Waals surface area contributed by atoms with Gasteiger partial charge in [0.05, 0.1) is 26.5 Å². The van der Waals surface area contributed by atoms with Gasteiger partial charge in [0.25, 0.3) is 0 Å². The first-order chi connectivity index (χ1) is 55.0. The number of aromatic nitrogens is 3. The molecule has 0 aliphatic heterocycles. The Morgan fingerprint density at radius 1 is 0.171 bits per heavy atom. The SMILES string of the molecule is c1cc(-c2cnc3sc4ccccc4c3c2)cc(-c2ccc3c4ccccc4c4ccccc4c3c2)c1.c1ccc(-c2nc(-c3cccc(-c4ccc5c6ccccc6c6ccccc6c5c4)c3)cc3c2sc2ccccc23)cc1.c1ccc2c(c1)sc1c(-c3ccc4c5ccccc5c5ccccc5c4c3)nccc12. The highest BCUT2D eigenvalue weighted by Crippen LogP contribution is 2.46. The van der Waals surface area contributed by atoms with Crippen LogP contribution in [0.15, 0.2) is 382 Å². The van der Waals surface area contributed by atoms with Gasteiger partial charge in [-0.15, -0.1) is 34.0 Å². The van der Waals surface area contributed by atoms with Crippen LogP contribution in [0, 0.1) is 0 Å². The average molecular weight is 1460 g/mol. The molecule has 0 fully saturated rings. The number of benzene rings is 18. The van der Waals surface area contributed by atoms with Crippen molar-refractivity contribution >= 4 is 192 Å². The highest BCUT2D eigenvalue weighted by molar-refractivity contribution is 7.27. The monoisotopic (exact) mass is 1460 g/mol. The Labute approximate surface area is 651 Å². The molecule has 0 bridgehead atoms. The van der Waals surface area contributed by atoms with Gasteiger partial charge in [-0.25, -0.2) is 9.97 Å². The summed E-state index contributed by atoms with van der Waals surface area (Å²) in [7, 11) is 0. The lowest BCUT2D eigenvalue weighted by atomic mass is 9.91. The first-order valence-corrected chi connectivity index (χ1v) is 40.1. The number of thiophene rings is 3. The van der Waals surface area contributed by atoms with E-state index in [1.165, 1.54) is 186 Å². The molecule has 111 heavy (non-hydrogen) atoms. The Morgan fingerprint density at radius 2 is 0.495 bits per heavy atom. The molecule has 6 heterocycles. The van der Waals surface area contributed by atoms with Gasteiger partial charge in [0.15, 0.2) is 0 Å². The summed E-state index contributed by atoms with van der Waals surface area (Å²) < 4.78 is 6.38. The van der Waals surface area contributed by atoms with Crippen LogP contribution >= 0.6 is 34.0 Å². The normalized spacial score (nSPS) is 11.8. The van der Waals surface area contributed by atoms with E-state index in [2.05, 4.69) is 370 Å². The maximum absolute atomic E-state index is 5.31. The van der Waals surface area contributed by atoms with Crippen LogP contribution in [-0.2, 0) is 0 Å². The summed E-state index contributed by atoms with van der Waals surface area (Å²) in [6, 6.07) is 134. The van der Waals surface area contributed by atoms with Gasteiger partial charge in [-0.3, -0.25) is 4.98 Å². The number of nitrogens with zero attached hydrogens (tertiary/aromatic N) is 3. The Kier molecular flexibility index (Phi) is 15.5. The topological polar surface area (TPSA) is 38.7 Å². The molecule has 24 rings (SSSR count). The van der Waals surface area contributed by atoms with Crippen LogP contribution in [0.25, 0.3) is 225 Å². The molecule has 3 nitrogen and oxygen atoms in total. The van der Waals surface area contributed by atoms with Crippen LogP contribution in [0.4, 0.5) is 0 Å². The largest absolute Gasteiger partial charge is 0.255 e. The molecule has 0 atom stereocenters. The summed E-state index contributed by atoms with van der Waals surface area (Å²) in [5.74, 6) is 0. The third-order valence-corrected chi connectivity index (χ3v) is 25.9. The predicted octanol–water partition coefficient (Wildman–Crippen LogP) is 30.7. The molecular formula is C105H63N3S3. The minimum absolute atomic E-state index is 0.994. The maximum Gasteiger partial charge on any atom is 0.124 e. The lowest BCUT2D eigenvalue weighted by molar-refractivity contribution is 1.36. The van der Waals surface area contributed by atoms with Crippen LogP contribution in [0.2, 0.25) is 0 Å². The molecule has 0 spiro atoms. The van der Waals surface area contributed by atoms with E-state index in [1.54, 1.807) is 11.3 Å². The number of hydrogen-bond donors (Lipinski definition) is 0. The molecule has 0 amide bonds. The zero-order chi connectivity index (χ0) is 73.0. The van der Waals surface area contributed by atoms with Crippen molar-refractivity contribution in [2.45, 2.75) is 0 Å². The Bertz CT molecular complexity index is 7820. The molecule has 18 aromatic carbocycles. The van der Waals surface area contributed by atoms with Crippen molar-refractivity contribution in [2.75, 3.05) is 0 Å². The Morgan fingerprint density at radius 3 is 0.973 bits per heavy atom. The number of hydrogen-bond acceptors (Lipinski definition) is 6. The molecular weight excluding hydrogens is 1400 g/mol. The molecule has 0 aliphatic carbocycles. The van der Waals surface area contributed by atoms with Crippen molar-refractivity contribution < 1.29 is 0 Å². The molecule has 516 valence electrons. The van der Waals surface area contributed by atoms with Crippen molar-refractivity contribution in [1.29, 1.82) is 0 Å². The van der Waals surface area contributed by atoms with Crippen LogP contribution in [0.1, 0.15) is 0 Å². The first-order valence-electron chi connectivity index (χ1n) is 37.7. The molecule has 24 aromatic rings. The molecule has 0 radical (unpaired) electrons. The third kappa shape index (κ3) is 11.0. The summed E-state index contributed by atoms with van der Waals surface area (Å²) in [6.07, 6.45) is 3.95. The van der Waals surface area contributed by atoms with Crippen molar-refractivity contribution in [2.24, 2.45) is 0 Å². The fourth-order valence-corrected chi connectivity index (χ4v) is 20.7. The average Bonchev–Trinajstić information content (AvgIpc) is 1.64. The van der Waals surface area contributed by atoms with Crippen molar-refractivity contribution in [3.63, 3.8) is 0 Å². The van der Waals surface area contributed by atoms with Gasteiger partial charge >= 0.3 is 0 Å². The molecule has 0 unspecified atom stereocenters. The van der Waals surface area contributed by atoms with E-state index in [9.17, 15) is 0 Å². The zero-order valence-electron chi connectivity index (χ0n) is 59.9. The number of rotatable bonds is 6. The molecule has 0 N–H and O–H groups in total. The minimum Gasteiger partial charge on any atom is -0.255 e. The van der Waals surface area contributed by atoms with Gasteiger partial charge in [-0.05, 0) is 191 Å². The number of fused-ring (bicyclic) bond motifs is 27. The van der Waals surface area contributed by atoms with Crippen molar-refractivity contribution in [1.82, 2.24) is 15.0 Å². The van der Waals surface area contributed by atoms with Crippen molar-refractivity contribution in [3.05, 3.63) is 382 Å². The van der Waals surface area contributed by atoms with Crippen LogP contribution in [0.3, 0.4) is 0 Å². The lowest BCUT2D eigenvalue weighted by Crippen LogP contribution is -1.90. The second-order valence-corrected chi connectivity index (χ2v) is 31.9. The number of pyridine rings is 3. The van der Waals surface area contributed by atoms with Crippen LogP contribution < -0.4 is 0 Å². The summed E-state index contributed by atoms with van der Waals surface area (Å²) in [4.78, 5) is 16.1. The lowest BCUT2D eigenvalue weighted by Gasteiger charge is -2.13. The zero-order valence-corrected chi connectivity index (χ0v) is 62.4. The van der Waals surface area contributed by atoms with Gasteiger partial charge < -0.3 is 0 Å². The molecule has 0 saturated carbocycles. The third-order valence-electron chi connectivity index (χ3n) is 22.5. The van der Waals surface area contributed by atoms with E-state index < -0.39 is 0 Å². The van der Waals surface area contributed by atoms with Gasteiger partial charge in [0, 0.05) is 81.1 Å². The van der Waals surface area contributed by atoms with E-state index in [0.29, 0.717) is 0 Å². The quantitative estimate of drug-likeness (QED) is 0.156. The molecule has 6 aromatic heterocycles. The van der Waals surface area contributed by atoms with Gasteiger partial charge in [0.1, 0.15) is 4.83 Å². The predicted molar refractivity (Wildman–Crippen MR) is 482 cm³/mol. The van der Waals surface area contributed by atoms with E-state index in [-0.39, 0.29) is 0 Å². The molecule has 0 saturated heterocycles. The van der Waals surface area contributed by atoms with E-state index in [4.69, 9.17) is 15.0 Å². The summed E-state index contributed by atoms with van der Waals surface area (Å²) in [5, 5.41) is 31.0. The maximum atomic E-state index is 5.31. The first kappa shape index (κ1) is 64.6. The Hall–Kier alpha value is -13.6. The van der Waals surface area contributed by atoms with E-state index >= 15 is 0 Å². The van der Waals surface area contributed by atoms with Crippen molar-refractivity contribution in [3.8, 4) is 67.2 Å². The second-order valence-electron chi connectivity index (χ2n) is 28.7. The van der Waals surface area contributed by atoms with E-state index in [1.807, 2.05) is 35.1 Å². The molecule has 0 aliphatic rings.